The molecule has 6 nitrogen and oxygen atoms in total. The van der Waals surface area contributed by atoms with E-state index in [0.29, 0.717) is 17.2 Å². The Labute approximate surface area is 146 Å². The summed E-state index contributed by atoms with van der Waals surface area (Å²) in [6.07, 6.45) is 1.60. The van der Waals surface area contributed by atoms with Gasteiger partial charge in [0.1, 0.15) is 21.6 Å². The average molecular weight is 360 g/mol. The molecule has 2 heterocycles. The van der Waals surface area contributed by atoms with Gasteiger partial charge in [-0.05, 0) is 41.8 Å². The van der Waals surface area contributed by atoms with Crippen LogP contribution in [0.1, 0.15) is 12.7 Å². The van der Waals surface area contributed by atoms with Gasteiger partial charge in [0.15, 0.2) is 0 Å². The third-order valence-electron chi connectivity index (χ3n) is 3.14. The molecule has 0 amide bonds. The molecule has 0 atom stereocenters. The van der Waals surface area contributed by atoms with Gasteiger partial charge in [-0.1, -0.05) is 18.7 Å². The van der Waals surface area contributed by atoms with E-state index in [2.05, 4.69) is 4.99 Å². The zero-order valence-electron chi connectivity index (χ0n) is 12.6. The highest BCUT2D eigenvalue weighted by Crippen LogP contribution is 2.32. The number of carbonyl (C=O) groups excluding carboxylic acids is 1. The maximum Gasteiger partial charge on any atom is 0.269 e. The fraction of sp³-hybridized carbons (Fsp3) is 0.125. The van der Waals surface area contributed by atoms with Gasteiger partial charge in [-0.15, -0.1) is 0 Å². The van der Waals surface area contributed by atoms with Crippen LogP contribution in [0.2, 0.25) is 0 Å². The molecule has 0 saturated heterocycles. The molecule has 2 aromatic rings. The van der Waals surface area contributed by atoms with Crippen molar-refractivity contribution in [3.63, 3.8) is 0 Å². The van der Waals surface area contributed by atoms with Crippen molar-refractivity contribution in [2.45, 2.75) is 6.92 Å². The molecule has 0 bridgehead atoms. The first kappa shape index (κ1) is 16.5. The number of nitro benzene ring substituents is 1. The molecule has 0 saturated carbocycles. The van der Waals surface area contributed by atoms with Crippen molar-refractivity contribution in [2.75, 3.05) is 5.75 Å². The summed E-state index contributed by atoms with van der Waals surface area (Å²) in [7, 11) is 0. The van der Waals surface area contributed by atoms with Crippen molar-refractivity contribution in [1.29, 1.82) is 0 Å². The standard InChI is InChI=1S/C16H12N2O4S2/c1-2-23-16-17-13(15(19)24-16)9-12-7-8-14(22-12)10-3-5-11(6-4-10)18(20)21/h3-9H,2H2,1H3/b13-9-. The normalized spacial score (nSPS) is 15.8. The summed E-state index contributed by atoms with van der Waals surface area (Å²) in [6.45, 7) is 2.00. The van der Waals surface area contributed by atoms with Crippen LogP contribution in [-0.4, -0.2) is 20.2 Å². The summed E-state index contributed by atoms with van der Waals surface area (Å²) in [5, 5.41) is 10.6. The Morgan fingerprint density at radius 3 is 2.71 bits per heavy atom. The molecular weight excluding hydrogens is 348 g/mol. The fourth-order valence-corrected chi connectivity index (χ4v) is 3.78. The van der Waals surface area contributed by atoms with Gasteiger partial charge in [-0.3, -0.25) is 14.9 Å². The van der Waals surface area contributed by atoms with Crippen LogP contribution >= 0.6 is 23.5 Å². The van der Waals surface area contributed by atoms with Gasteiger partial charge in [0.05, 0.1) is 4.92 Å². The van der Waals surface area contributed by atoms with E-state index in [1.807, 2.05) is 6.92 Å². The molecule has 0 radical (unpaired) electrons. The van der Waals surface area contributed by atoms with Gasteiger partial charge in [0, 0.05) is 23.8 Å². The summed E-state index contributed by atoms with van der Waals surface area (Å²) in [6, 6.07) is 9.59. The van der Waals surface area contributed by atoms with Crippen molar-refractivity contribution >= 4 is 44.8 Å². The molecule has 3 rings (SSSR count). The van der Waals surface area contributed by atoms with Crippen molar-refractivity contribution in [3.05, 3.63) is 58.0 Å². The van der Waals surface area contributed by atoms with Crippen LogP contribution in [0.4, 0.5) is 5.69 Å². The summed E-state index contributed by atoms with van der Waals surface area (Å²) in [5.74, 6) is 1.94. The number of aliphatic imine (C=N–C) groups is 1. The van der Waals surface area contributed by atoms with Gasteiger partial charge in [0.2, 0.25) is 5.12 Å². The summed E-state index contributed by atoms with van der Waals surface area (Å²) in [4.78, 5) is 26.4. The molecule has 1 aliphatic heterocycles. The summed E-state index contributed by atoms with van der Waals surface area (Å²) < 4.78 is 6.44. The lowest BCUT2D eigenvalue weighted by Crippen LogP contribution is -1.87. The monoisotopic (exact) mass is 360 g/mol. The highest BCUT2D eigenvalue weighted by molar-refractivity contribution is 8.45. The molecule has 0 unspecified atom stereocenters. The third-order valence-corrected chi connectivity index (χ3v) is 5.03. The van der Waals surface area contributed by atoms with Gasteiger partial charge in [-0.2, -0.15) is 0 Å². The van der Waals surface area contributed by atoms with Crippen molar-refractivity contribution in [1.82, 2.24) is 0 Å². The molecule has 1 aromatic carbocycles. The highest BCUT2D eigenvalue weighted by Gasteiger charge is 2.22. The SMILES string of the molecule is CCSC1=N/C(=C\c2ccc(-c3ccc([N+](=O)[O-])cc3)o2)C(=O)S1. The Kier molecular flexibility index (Phi) is 4.86. The minimum Gasteiger partial charge on any atom is -0.457 e. The number of nitrogens with zero attached hydrogens (tertiary/aromatic N) is 2. The van der Waals surface area contributed by atoms with Gasteiger partial charge < -0.3 is 4.42 Å². The van der Waals surface area contributed by atoms with Crippen LogP contribution in [0.25, 0.3) is 17.4 Å². The number of hydrogen-bond donors (Lipinski definition) is 0. The first-order valence-electron chi connectivity index (χ1n) is 7.07. The molecule has 0 aliphatic carbocycles. The maximum absolute atomic E-state index is 11.9. The van der Waals surface area contributed by atoms with E-state index in [0.717, 1.165) is 27.5 Å². The van der Waals surface area contributed by atoms with E-state index in [1.54, 1.807) is 30.3 Å². The molecular formula is C16H12N2O4S2. The van der Waals surface area contributed by atoms with Crippen LogP contribution in [0.5, 0.6) is 0 Å². The summed E-state index contributed by atoms with van der Waals surface area (Å²) >= 11 is 2.65. The minimum atomic E-state index is -0.449. The van der Waals surface area contributed by atoms with Crippen molar-refractivity contribution < 1.29 is 14.1 Å². The molecule has 24 heavy (non-hydrogen) atoms. The number of benzene rings is 1. The lowest BCUT2D eigenvalue weighted by Gasteiger charge is -1.96. The Balaban J connectivity index is 1.82. The predicted octanol–water partition coefficient (Wildman–Crippen LogP) is 4.58. The fourth-order valence-electron chi connectivity index (χ4n) is 2.04. The molecule has 8 heteroatoms. The van der Waals surface area contributed by atoms with Crippen LogP contribution in [0, 0.1) is 10.1 Å². The van der Waals surface area contributed by atoms with Gasteiger partial charge in [-0.25, -0.2) is 4.99 Å². The Morgan fingerprint density at radius 2 is 2.04 bits per heavy atom. The number of carbonyl (C=O) groups is 1. The first-order valence-corrected chi connectivity index (χ1v) is 8.87. The van der Waals surface area contributed by atoms with E-state index in [1.165, 1.54) is 23.9 Å². The summed E-state index contributed by atoms with van der Waals surface area (Å²) in [5.41, 5.74) is 1.11. The Morgan fingerprint density at radius 1 is 1.29 bits per heavy atom. The second kappa shape index (κ2) is 7.06. The number of rotatable bonds is 4. The van der Waals surface area contributed by atoms with Gasteiger partial charge in [0.25, 0.3) is 5.69 Å². The minimum absolute atomic E-state index is 0.0246. The number of nitro groups is 1. The predicted molar refractivity (Wildman–Crippen MR) is 96.9 cm³/mol. The lowest BCUT2D eigenvalue weighted by molar-refractivity contribution is -0.384. The van der Waals surface area contributed by atoms with E-state index in [9.17, 15) is 14.9 Å². The smallest absolute Gasteiger partial charge is 0.269 e. The van der Waals surface area contributed by atoms with Crippen molar-refractivity contribution in [3.8, 4) is 11.3 Å². The van der Waals surface area contributed by atoms with Gasteiger partial charge >= 0.3 is 0 Å². The number of furan rings is 1. The van der Waals surface area contributed by atoms with E-state index in [-0.39, 0.29) is 10.8 Å². The molecule has 122 valence electrons. The number of thioether (sulfide) groups is 2. The second-order valence-corrected chi connectivity index (χ2v) is 7.21. The molecule has 0 spiro atoms. The molecule has 0 N–H and O–H groups in total. The first-order chi connectivity index (χ1) is 11.6. The van der Waals surface area contributed by atoms with E-state index in [4.69, 9.17) is 4.42 Å². The van der Waals surface area contributed by atoms with Crippen molar-refractivity contribution in [2.24, 2.45) is 4.99 Å². The molecule has 0 fully saturated rings. The number of non-ortho nitro benzene ring substituents is 1. The Hall–Kier alpha value is -2.32. The molecule has 1 aliphatic rings. The van der Waals surface area contributed by atoms with E-state index >= 15 is 0 Å². The third kappa shape index (κ3) is 3.60. The quantitative estimate of drug-likeness (QED) is 0.451. The molecule has 1 aromatic heterocycles. The van der Waals surface area contributed by atoms with E-state index < -0.39 is 4.92 Å². The van der Waals surface area contributed by atoms with Crippen LogP contribution in [0.15, 0.2) is 51.5 Å². The largest absolute Gasteiger partial charge is 0.457 e. The second-order valence-electron chi connectivity index (χ2n) is 4.74. The zero-order valence-corrected chi connectivity index (χ0v) is 14.2. The van der Waals surface area contributed by atoms with Crippen LogP contribution in [0.3, 0.4) is 0 Å². The Bertz CT molecular complexity index is 853. The maximum atomic E-state index is 11.9. The highest BCUT2D eigenvalue weighted by atomic mass is 32.2. The zero-order chi connectivity index (χ0) is 17.1. The number of hydrogen-bond acceptors (Lipinski definition) is 7. The topological polar surface area (TPSA) is 85.7 Å². The lowest BCUT2D eigenvalue weighted by atomic mass is 10.1. The average Bonchev–Trinajstić information content (AvgIpc) is 3.16. The van der Waals surface area contributed by atoms with Crippen LogP contribution in [-0.2, 0) is 4.79 Å². The van der Waals surface area contributed by atoms with Crippen LogP contribution < -0.4 is 0 Å².